The predicted molar refractivity (Wildman–Crippen MR) is 104 cm³/mol. The van der Waals surface area contributed by atoms with Crippen molar-refractivity contribution in [2.24, 2.45) is 0 Å². The number of aromatic nitrogens is 1. The van der Waals surface area contributed by atoms with Crippen LogP contribution in [0.5, 0.6) is 0 Å². The number of aromatic carboxylic acids is 1. The van der Waals surface area contributed by atoms with E-state index in [1.807, 2.05) is 38.1 Å². The molecule has 0 aliphatic carbocycles. The molecule has 0 atom stereocenters. The SMILES string of the molecule is Cc1cc(SCC(=O)Nc2ccc(C(=O)O)cc2)nc2c(C)cccc12. The highest BCUT2D eigenvalue weighted by molar-refractivity contribution is 7.99. The summed E-state index contributed by atoms with van der Waals surface area (Å²) < 4.78 is 0. The Bertz CT molecular complexity index is 984. The van der Waals surface area contributed by atoms with E-state index in [-0.39, 0.29) is 17.2 Å². The van der Waals surface area contributed by atoms with Crippen LogP contribution in [0.2, 0.25) is 0 Å². The lowest BCUT2D eigenvalue weighted by atomic mass is 10.1. The van der Waals surface area contributed by atoms with Crippen LogP contribution in [0, 0.1) is 13.8 Å². The first-order valence-corrected chi connectivity index (χ1v) is 9.05. The molecule has 0 aliphatic heterocycles. The Kier molecular flexibility index (Phi) is 5.23. The molecule has 0 spiro atoms. The Morgan fingerprint density at radius 1 is 1.08 bits per heavy atom. The molecule has 26 heavy (non-hydrogen) atoms. The third-order valence-corrected chi connectivity index (χ3v) is 4.90. The third kappa shape index (κ3) is 4.03. The maximum atomic E-state index is 12.1. The number of carbonyl (C=O) groups is 2. The summed E-state index contributed by atoms with van der Waals surface area (Å²) in [6.07, 6.45) is 0. The Balaban J connectivity index is 1.67. The molecule has 0 saturated carbocycles. The van der Waals surface area contributed by atoms with Gasteiger partial charge in [-0.1, -0.05) is 30.0 Å². The monoisotopic (exact) mass is 366 g/mol. The normalized spacial score (nSPS) is 10.7. The molecule has 0 radical (unpaired) electrons. The number of thioether (sulfide) groups is 1. The van der Waals surface area contributed by atoms with Crippen molar-refractivity contribution >= 4 is 40.2 Å². The number of nitrogens with one attached hydrogen (secondary N) is 1. The van der Waals surface area contributed by atoms with E-state index in [4.69, 9.17) is 5.11 Å². The minimum Gasteiger partial charge on any atom is -0.478 e. The first-order chi connectivity index (χ1) is 12.4. The zero-order chi connectivity index (χ0) is 18.7. The molecule has 0 saturated heterocycles. The quantitative estimate of drug-likeness (QED) is 0.659. The van der Waals surface area contributed by atoms with E-state index in [0.29, 0.717) is 5.69 Å². The smallest absolute Gasteiger partial charge is 0.335 e. The molecule has 6 heteroatoms. The van der Waals surface area contributed by atoms with Crippen LogP contribution in [0.25, 0.3) is 10.9 Å². The Morgan fingerprint density at radius 3 is 2.50 bits per heavy atom. The van der Waals surface area contributed by atoms with E-state index in [9.17, 15) is 9.59 Å². The van der Waals surface area contributed by atoms with Crippen molar-refractivity contribution in [3.05, 3.63) is 65.2 Å². The second kappa shape index (κ2) is 7.58. The number of carboxylic acids is 1. The van der Waals surface area contributed by atoms with Gasteiger partial charge >= 0.3 is 5.97 Å². The number of fused-ring (bicyclic) bond motifs is 1. The van der Waals surface area contributed by atoms with Gasteiger partial charge in [-0.25, -0.2) is 9.78 Å². The number of benzene rings is 2. The molecule has 1 aromatic heterocycles. The molecule has 3 aromatic rings. The van der Waals surface area contributed by atoms with Gasteiger partial charge in [-0.3, -0.25) is 4.79 Å². The lowest BCUT2D eigenvalue weighted by molar-refractivity contribution is -0.113. The first kappa shape index (κ1) is 17.9. The van der Waals surface area contributed by atoms with Crippen LogP contribution in [-0.4, -0.2) is 27.7 Å². The van der Waals surface area contributed by atoms with Gasteiger partial charge in [-0.15, -0.1) is 0 Å². The molecule has 2 aromatic carbocycles. The minimum absolute atomic E-state index is 0.164. The molecule has 132 valence electrons. The number of aryl methyl sites for hydroxylation is 2. The summed E-state index contributed by atoms with van der Waals surface area (Å²) in [5, 5.41) is 13.6. The number of carbonyl (C=O) groups excluding carboxylic acids is 1. The van der Waals surface area contributed by atoms with Crippen molar-refractivity contribution in [3.63, 3.8) is 0 Å². The van der Waals surface area contributed by atoms with Gasteiger partial charge in [0.05, 0.1) is 21.9 Å². The van der Waals surface area contributed by atoms with Gasteiger partial charge in [0, 0.05) is 11.1 Å². The number of hydrogen-bond donors (Lipinski definition) is 2. The number of anilines is 1. The van der Waals surface area contributed by atoms with E-state index in [2.05, 4.69) is 10.3 Å². The van der Waals surface area contributed by atoms with E-state index in [1.54, 1.807) is 12.1 Å². The van der Waals surface area contributed by atoms with Crippen molar-refractivity contribution in [3.8, 4) is 0 Å². The van der Waals surface area contributed by atoms with E-state index >= 15 is 0 Å². The fourth-order valence-electron chi connectivity index (χ4n) is 2.64. The molecule has 0 aliphatic rings. The van der Waals surface area contributed by atoms with Crippen LogP contribution in [0.3, 0.4) is 0 Å². The van der Waals surface area contributed by atoms with Crippen molar-refractivity contribution in [2.45, 2.75) is 18.9 Å². The minimum atomic E-state index is -0.994. The average molecular weight is 366 g/mol. The van der Waals surface area contributed by atoms with Gasteiger partial charge in [-0.2, -0.15) is 0 Å². The Labute approximate surface area is 155 Å². The van der Waals surface area contributed by atoms with Crippen molar-refractivity contribution in [1.29, 1.82) is 0 Å². The number of nitrogens with zero attached hydrogens (tertiary/aromatic N) is 1. The summed E-state index contributed by atoms with van der Waals surface area (Å²) in [7, 11) is 0. The molecular formula is C20H18N2O3S. The van der Waals surface area contributed by atoms with Crippen LogP contribution in [0.1, 0.15) is 21.5 Å². The molecule has 3 rings (SSSR count). The molecular weight excluding hydrogens is 348 g/mol. The van der Waals surface area contributed by atoms with Gasteiger partial charge in [-0.05, 0) is 55.3 Å². The molecule has 1 amide bonds. The number of rotatable bonds is 5. The molecule has 5 nitrogen and oxygen atoms in total. The largest absolute Gasteiger partial charge is 0.478 e. The van der Waals surface area contributed by atoms with E-state index in [1.165, 1.54) is 23.9 Å². The van der Waals surface area contributed by atoms with Crippen LogP contribution in [-0.2, 0) is 4.79 Å². The summed E-state index contributed by atoms with van der Waals surface area (Å²) in [4.78, 5) is 27.6. The highest BCUT2D eigenvalue weighted by Crippen LogP contribution is 2.25. The van der Waals surface area contributed by atoms with Gasteiger partial charge in [0.2, 0.25) is 5.91 Å². The van der Waals surface area contributed by atoms with Crippen LogP contribution < -0.4 is 5.32 Å². The topological polar surface area (TPSA) is 79.3 Å². The van der Waals surface area contributed by atoms with Gasteiger partial charge in [0.25, 0.3) is 0 Å². The number of pyridine rings is 1. The molecule has 0 fully saturated rings. The number of carboxylic acid groups (broad SMARTS) is 1. The fraction of sp³-hybridized carbons (Fsp3) is 0.150. The van der Waals surface area contributed by atoms with Crippen LogP contribution in [0.15, 0.2) is 53.6 Å². The van der Waals surface area contributed by atoms with Gasteiger partial charge < -0.3 is 10.4 Å². The van der Waals surface area contributed by atoms with E-state index < -0.39 is 5.97 Å². The third-order valence-electron chi connectivity index (χ3n) is 3.99. The number of hydrogen-bond acceptors (Lipinski definition) is 4. The van der Waals surface area contributed by atoms with Crippen molar-refractivity contribution in [2.75, 3.05) is 11.1 Å². The fourth-order valence-corrected chi connectivity index (χ4v) is 3.40. The summed E-state index contributed by atoms with van der Waals surface area (Å²) >= 11 is 1.38. The zero-order valence-corrected chi connectivity index (χ0v) is 15.3. The molecule has 0 unspecified atom stereocenters. The van der Waals surface area contributed by atoms with E-state index in [0.717, 1.165) is 27.1 Å². The summed E-state index contributed by atoms with van der Waals surface area (Å²) in [6, 6.07) is 14.2. The standard InChI is InChI=1S/C20H18N2O3S/c1-12-4-3-5-16-13(2)10-18(22-19(12)16)26-11-17(23)21-15-8-6-14(7-9-15)20(24)25/h3-10H,11H2,1-2H3,(H,21,23)(H,24,25). The van der Waals surface area contributed by atoms with Gasteiger partial charge in [0.15, 0.2) is 0 Å². The van der Waals surface area contributed by atoms with Crippen LogP contribution in [0.4, 0.5) is 5.69 Å². The number of para-hydroxylation sites is 1. The zero-order valence-electron chi connectivity index (χ0n) is 14.4. The Hall–Kier alpha value is -2.86. The highest BCUT2D eigenvalue weighted by atomic mass is 32.2. The predicted octanol–water partition coefficient (Wildman–Crippen LogP) is 4.28. The molecule has 1 heterocycles. The second-order valence-electron chi connectivity index (χ2n) is 5.97. The summed E-state index contributed by atoms with van der Waals surface area (Å²) in [5.74, 6) is -0.932. The van der Waals surface area contributed by atoms with Gasteiger partial charge in [0.1, 0.15) is 0 Å². The average Bonchev–Trinajstić information content (AvgIpc) is 2.61. The first-order valence-electron chi connectivity index (χ1n) is 8.07. The van der Waals surface area contributed by atoms with Crippen molar-refractivity contribution in [1.82, 2.24) is 4.98 Å². The lowest BCUT2D eigenvalue weighted by Gasteiger charge is -2.09. The lowest BCUT2D eigenvalue weighted by Crippen LogP contribution is -2.14. The van der Waals surface area contributed by atoms with Crippen LogP contribution >= 0.6 is 11.8 Å². The maximum absolute atomic E-state index is 12.1. The summed E-state index contributed by atoms with van der Waals surface area (Å²) in [5.41, 5.74) is 3.95. The summed E-state index contributed by atoms with van der Waals surface area (Å²) in [6.45, 7) is 4.06. The molecule has 0 bridgehead atoms. The second-order valence-corrected chi connectivity index (χ2v) is 6.96. The van der Waals surface area contributed by atoms with Crippen molar-refractivity contribution < 1.29 is 14.7 Å². The number of amides is 1. The Morgan fingerprint density at radius 2 is 1.81 bits per heavy atom. The highest BCUT2D eigenvalue weighted by Gasteiger charge is 2.09. The molecule has 2 N–H and O–H groups in total. The maximum Gasteiger partial charge on any atom is 0.335 e.